The van der Waals surface area contributed by atoms with Crippen molar-refractivity contribution in [3.63, 3.8) is 0 Å². The topological polar surface area (TPSA) is 23.8 Å². The lowest BCUT2D eigenvalue weighted by molar-refractivity contribution is 1.22. The Kier molecular flexibility index (Phi) is 5.82. The summed E-state index contributed by atoms with van der Waals surface area (Å²) < 4.78 is 0. The molecule has 0 aliphatic carbocycles. The summed E-state index contributed by atoms with van der Waals surface area (Å²) in [5.41, 5.74) is 1.23. The number of nitrogens with zero attached hydrogens (tertiary/aromatic N) is 1. The molecular formula is C10H12BN. The van der Waals surface area contributed by atoms with E-state index in [2.05, 4.69) is 0 Å². The van der Waals surface area contributed by atoms with Gasteiger partial charge in [-0.25, -0.2) is 0 Å². The lowest BCUT2D eigenvalue weighted by Gasteiger charge is -1.88. The maximum Gasteiger partial charge on any atom is 0.107 e. The summed E-state index contributed by atoms with van der Waals surface area (Å²) >= 11 is 0. The summed E-state index contributed by atoms with van der Waals surface area (Å²) in [7, 11) is 5.42. The van der Waals surface area contributed by atoms with Crippen LogP contribution in [-0.4, -0.2) is 7.85 Å². The highest BCUT2D eigenvalue weighted by molar-refractivity contribution is 6.21. The molecule has 0 aromatic rings. The average Bonchev–Trinajstić information content (AvgIpc) is 2.02. The molecule has 60 valence electrons. The zero-order valence-electron chi connectivity index (χ0n) is 7.54. The van der Waals surface area contributed by atoms with Gasteiger partial charge >= 0.3 is 0 Å². The van der Waals surface area contributed by atoms with Gasteiger partial charge in [0.2, 0.25) is 0 Å². The Morgan fingerprint density at radius 2 is 2.25 bits per heavy atom. The minimum Gasteiger partial charge on any atom is -0.192 e. The molecule has 0 aliphatic rings. The molecule has 2 radical (unpaired) electrons. The Hall–Kier alpha value is -1.23. The number of rotatable bonds is 3. The Bertz CT molecular complexity index is 250. The second-order valence-corrected chi connectivity index (χ2v) is 2.46. The molecule has 0 saturated heterocycles. The zero-order chi connectivity index (χ0) is 9.40. The van der Waals surface area contributed by atoms with E-state index >= 15 is 0 Å². The van der Waals surface area contributed by atoms with Crippen molar-refractivity contribution in [3.05, 3.63) is 35.3 Å². The number of nitriles is 1. The van der Waals surface area contributed by atoms with Gasteiger partial charge in [-0.3, -0.25) is 0 Å². The summed E-state index contributed by atoms with van der Waals surface area (Å²) in [5.74, 6) is 0. The van der Waals surface area contributed by atoms with E-state index in [1.54, 1.807) is 19.1 Å². The van der Waals surface area contributed by atoms with Gasteiger partial charge in [-0.05, 0) is 12.5 Å². The van der Waals surface area contributed by atoms with Crippen LogP contribution >= 0.6 is 0 Å². The lowest BCUT2D eigenvalue weighted by Crippen LogP contribution is -1.75. The molecule has 0 bridgehead atoms. The maximum absolute atomic E-state index is 8.62. The highest BCUT2D eigenvalue weighted by atomic mass is 14.2. The summed E-state index contributed by atoms with van der Waals surface area (Å²) in [6.07, 6.45) is 8.22. The summed E-state index contributed by atoms with van der Waals surface area (Å²) in [5, 5.41) is 8.62. The lowest BCUT2D eigenvalue weighted by atomic mass is 9.95. The van der Waals surface area contributed by atoms with Gasteiger partial charge in [0, 0.05) is 0 Å². The molecule has 1 nitrogen and oxygen atoms in total. The molecule has 12 heavy (non-hydrogen) atoms. The Labute approximate surface area is 75.5 Å². The molecule has 0 atom stereocenters. The fourth-order valence-electron chi connectivity index (χ4n) is 0.671. The van der Waals surface area contributed by atoms with Crippen LogP contribution in [0.5, 0.6) is 0 Å². The van der Waals surface area contributed by atoms with Gasteiger partial charge < -0.3 is 0 Å². The van der Waals surface area contributed by atoms with Crippen molar-refractivity contribution in [2.75, 3.05) is 0 Å². The fourth-order valence-corrected chi connectivity index (χ4v) is 0.671. The van der Waals surface area contributed by atoms with E-state index in [1.165, 1.54) is 0 Å². The molecule has 0 spiro atoms. The highest BCUT2D eigenvalue weighted by Gasteiger charge is 1.85. The Balaban J connectivity index is 4.37. The molecule has 0 unspecified atom stereocenters. The van der Waals surface area contributed by atoms with E-state index < -0.39 is 0 Å². The van der Waals surface area contributed by atoms with Crippen molar-refractivity contribution >= 4 is 7.85 Å². The van der Waals surface area contributed by atoms with Crippen LogP contribution in [0.4, 0.5) is 0 Å². The predicted octanol–water partition coefficient (Wildman–Crippen LogP) is 2.47. The molecule has 2 heteroatoms. The third kappa shape index (κ3) is 5.55. The molecule has 0 aromatic carbocycles. The van der Waals surface area contributed by atoms with Crippen LogP contribution in [-0.2, 0) is 0 Å². The first-order valence-electron chi connectivity index (χ1n) is 3.91. The van der Waals surface area contributed by atoms with Crippen LogP contribution in [0.15, 0.2) is 35.3 Å². The van der Waals surface area contributed by atoms with Crippen molar-refractivity contribution in [2.24, 2.45) is 0 Å². The SMILES string of the molecule is [B]/C(C)=C/C(C#N)=C\C=C\CC. The first-order valence-corrected chi connectivity index (χ1v) is 3.91. The molecule has 0 aliphatic heterocycles. The molecule has 0 fully saturated rings. The van der Waals surface area contributed by atoms with Crippen molar-refractivity contribution in [3.8, 4) is 6.07 Å². The maximum atomic E-state index is 8.62. The normalized spacial score (nSPS) is 13.4. The van der Waals surface area contributed by atoms with Gasteiger partial charge in [0.1, 0.15) is 7.85 Å². The van der Waals surface area contributed by atoms with E-state index in [0.29, 0.717) is 11.0 Å². The van der Waals surface area contributed by atoms with Crippen molar-refractivity contribution in [1.82, 2.24) is 0 Å². The fraction of sp³-hybridized carbons (Fsp3) is 0.300. The minimum absolute atomic E-state index is 0.583. The largest absolute Gasteiger partial charge is 0.192 e. The smallest absolute Gasteiger partial charge is 0.107 e. The standard InChI is InChI=1S/C10H12BN/c1-3-4-5-6-10(8-12)7-9(2)11/h4-7H,3H2,1-2H3/b5-4+,9-7+,10-6+. The van der Waals surface area contributed by atoms with Crippen molar-refractivity contribution in [2.45, 2.75) is 20.3 Å². The second-order valence-electron chi connectivity index (χ2n) is 2.46. The van der Waals surface area contributed by atoms with Gasteiger partial charge in [0.15, 0.2) is 0 Å². The monoisotopic (exact) mass is 157 g/mol. The molecular weight excluding hydrogens is 145 g/mol. The highest BCUT2D eigenvalue weighted by Crippen LogP contribution is 1.98. The molecule has 0 amide bonds. The van der Waals surface area contributed by atoms with E-state index in [9.17, 15) is 0 Å². The molecule has 0 saturated carbocycles. The van der Waals surface area contributed by atoms with E-state index in [-0.39, 0.29) is 0 Å². The van der Waals surface area contributed by atoms with Crippen LogP contribution in [0.1, 0.15) is 20.3 Å². The van der Waals surface area contributed by atoms with Crippen LogP contribution in [0, 0.1) is 11.3 Å². The Morgan fingerprint density at radius 3 is 2.67 bits per heavy atom. The van der Waals surface area contributed by atoms with Crippen LogP contribution < -0.4 is 0 Å². The van der Waals surface area contributed by atoms with Crippen LogP contribution in [0.2, 0.25) is 0 Å². The molecule has 0 aromatic heterocycles. The van der Waals surface area contributed by atoms with Gasteiger partial charge in [-0.15, -0.1) is 5.47 Å². The average molecular weight is 157 g/mol. The number of hydrogen-bond donors (Lipinski definition) is 0. The predicted molar refractivity (Wildman–Crippen MR) is 52.6 cm³/mol. The summed E-state index contributed by atoms with van der Waals surface area (Å²) in [6, 6.07) is 2.05. The van der Waals surface area contributed by atoms with Gasteiger partial charge in [-0.1, -0.05) is 32.1 Å². The van der Waals surface area contributed by atoms with Gasteiger partial charge in [0.05, 0.1) is 11.6 Å². The molecule has 0 N–H and O–H groups in total. The summed E-state index contributed by atoms with van der Waals surface area (Å²) in [4.78, 5) is 0. The van der Waals surface area contributed by atoms with Gasteiger partial charge in [-0.2, -0.15) is 5.26 Å². The van der Waals surface area contributed by atoms with Crippen molar-refractivity contribution < 1.29 is 0 Å². The first kappa shape index (κ1) is 10.8. The van der Waals surface area contributed by atoms with E-state index in [4.69, 9.17) is 13.1 Å². The zero-order valence-corrected chi connectivity index (χ0v) is 7.54. The second kappa shape index (κ2) is 6.48. The third-order valence-corrected chi connectivity index (χ3v) is 1.16. The first-order chi connectivity index (χ1) is 5.70. The minimum atomic E-state index is 0.583. The number of hydrogen-bond acceptors (Lipinski definition) is 1. The van der Waals surface area contributed by atoms with Crippen molar-refractivity contribution in [1.29, 1.82) is 5.26 Å². The molecule has 0 rings (SSSR count). The quantitative estimate of drug-likeness (QED) is 0.350. The van der Waals surface area contributed by atoms with Gasteiger partial charge in [0.25, 0.3) is 0 Å². The van der Waals surface area contributed by atoms with Crippen LogP contribution in [0.25, 0.3) is 0 Å². The van der Waals surface area contributed by atoms with E-state index in [1.807, 2.05) is 25.1 Å². The third-order valence-electron chi connectivity index (χ3n) is 1.16. The Morgan fingerprint density at radius 1 is 1.58 bits per heavy atom. The number of allylic oxidation sites excluding steroid dienone is 6. The van der Waals surface area contributed by atoms with E-state index in [0.717, 1.165) is 6.42 Å². The summed E-state index contributed by atoms with van der Waals surface area (Å²) in [6.45, 7) is 3.80. The molecule has 0 heterocycles. The van der Waals surface area contributed by atoms with Crippen LogP contribution in [0.3, 0.4) is 0 Å².